The monoisotopic (exact) mass is 354 g/mol. The number of nitrogens with one attached hydrogen (secondary N) is 1. The van der Waals surface area contributed by atoms with Crippen LogP contribution in [0.2, 0.25) is 0 Å². The molecule has 0 amide bonds. The molecule has 0 bridgehead atoms. The highest BCUT2D eigenvalue weighted by Crippen LogP contribution is 2.29. The molecule has 0 fully saturated rings. The van der Waals surface area contributed by atoms with Crippen LogP contribution < -0.4 is 11.1 Å². The molecule has 2 nitrogen and oxygen atoms in total. The molecule has 0 aliphatic carbocycles. The van der Waals surface area contributed by atoms with Gasteiger partial charge in [0.15, 0.2) is 0 Å². The average molecular weight is 356 g/mol. The summed E-state index contributed by atoms with van der Waals surface area (Å²) >= 11 is 6.97. The highest BCUT2D eigenvalue weighted by molar-refractivity contribution is 9.10. The molecular formula is C13H12Br2N2. The summed E-state index contributed by atoms with van der Waals surface area (Å²) < 4.78 is 2.02. The third-order valence-corrected chi connectivity index (χ3v) is 3.43. The Morgan fingerprint density at radius 1 is 1.06 bits per heavy atom. The molecule has 0 heterocycles. The van der Waals surface area contributed by atoms with Crippen molar-refractivity contribution in [3.63, 3.8) is 0 Å². The van der Waals surface area contributed by atoms with Gasteiger partial charge in [0, 0.05) is 20.3 Å². The predicted octanol–water partition coefficient (Wildman–Crippen LogP) is 4.85. The maximum atomic E-state index is 5.70. The first-order chi connectivity index (χ1) is 8.04. The quantitative estimate of drug-likeness (QED) is 0.756. The number of hydrogen-bond acceptors (Lipinski definition) is 2. The predicted molar refractivity (Wildman–Crippen MR) is 80.7 cm³/mol. The van der Waals surface area contributed by atoms with Crippen molar-refractivity contribution in [2.45, 2.75) is 6.92 Å². The molecule has 0 aromatic heterocycles. The van der Waals surface area contributed by atoms with Crippen molar-refractivity contribution in [3.05, 3.63) is 50.9 Å². The number of aryl methyl sites for hydroxylation is 1. The second kappa shape index (κ2) is 5.10. The van der Waals surface area contributed by atoms with E-state index in [-0.39, 0.29) is 0 Å². The fraction of sp³-hybridized carbons (Fsp3) is 0.0769. The van der Waals surface area contributed by atoms with Gasteiger partial charge in [-0.3, -0.25) is 0 Å². The summed E-state index contributed by atoms with van der Waals surface area (Å²) in [5.74, 6) is 0. The molecule has 88 valence electrons. The number of halogens is 2. The van der Waals surface area contributed by atoms with Gasteiger partial charge in [0.2, 0.25) is 0 Å². The summed E-state index contributed by atoms with van der Waals surface area (Å²) in [7, 11) is 0. The molecule has 0 aliphatic rings. The van der Waals surface area contributed by atoms with E-state index >= 15 is 0 Å². The molecule has 0 atom stereocenters. The molecule has 4 heteroatoms. The van der Waals surface area contributed by atoms with E-state index in [2.05, 4.69) is 56.2 Å². The first-order valence-electron chi connectivity index (χ1n) is 5.14. The van der Waals surface area contributed by atoms with Crippen LogP contribution in [0.25, 0.3) is 0 Å². The summed E-state index contributed by atoms with van der Waals surface area (Å²) in [6.07, 6.45) is 0. The molecule has 0 saturated heterocycles. The van der Waals surface area contributed by atoms with Crippen LogP contribution in [-0.2, 0) is 0 Å². The van der Waals surface area contributed by atoms with E-state index < -0.39 is 0 Å². The zero-order valence-electron chi connectivity index (χ0n) is 9.30. The topological polar surface area (TPSA) is 38.0 Å². The van der Waals surface area contributed by atoms with Gasteiger partial charge in [-0.1, -0.05) is 15.9 Å². The third-order valence-electron chi connectivity index (χ3n) is 2.31. The smallest absolute Gasteiger partial charge is 0.0530 e. The largest absolute Gasteiger partial charge is 0.399 e. The first-order valence-corrected chi connectivity index (χ1v) is 6.72. The first kappa shape index (κ1) is 12.5. The second-order valence-electron chi connectivity index (χ2n) is 3.88. The fourth-order valence-corrected chi connectivity index (χ4v) is 2.70. The van der Waals surface area contributed by atoms with E-state index in [1.807, 2.05) is 24.3 Å². The van der Waals surface area contributed by atoms with Gasteiger partial charge in [-0.25, -0.2) is 0 Å². The van der Waals surface area contributed by atoms with E-state index in [0.29, 0.717) is 0 Å². The molecule has 2 rings (SSSR count). The Balaban J connectivity index is 2.31. The van der Waals surface area contributed by atoms with Crippen LogP contribution in [0.15, 0.2) is 45.3 Å². The summed E-state index contributed by atoms with van der Waals surface area (Å²) in [6.45, 7) is 2.06. The Labute approximate surface area is 117 Å². The summed E-state index contributed by atoms with van der Waals surface area (Å²) in [5, 5.41) is 3.35. The molecule has 0 unspecified atom stereocenters. The van der Waals surface area contributed by atoms with Crippen LogP contribution in [0.5, 0.6) is 0 Å². The van der Waals surface area contributed by atoms with Gasteiger partial charge in [-0.15, -0.1) is 0 Å². The van der Waals surface area contributed by atoms with Crippen LogP contribution in [0.3, 0.4) is 0 Å². The van der Waals surface area contributed by atoms with E-state index in [4.69, 9.17) is 5.73 Å². The van der Waals surface area contributed by atoms with Gasteiger partial charge in [-0.2, -0.15) is 0 Å². The van der Waals surface area contributed by atoms with Crippen molar-refractivity contribution in [1.82, 2.24) is 0 Å². The molecule has 17 heavy (non-hydrogen) atoms. The lowest BCUT2D eigenvalue weighted by Gasteiger charge is -2.10. The van der Waals surface area contributed by atoms with E-state index in [0.717, 1.165) is 26.0 Å². The number of hydrogen-bond donors (Lipinski definition) is 2. The van der Waals surface area contributed by atoms with Crippen LogP contribution in [0, 0.1) is 6.92 Å². The van der Waals surface area contributed by atoms with Crippen molar-refractivity contribution in [2.75, 3.05) is 11.1 Å². The van der Waals surface area contributed by atoms with E-state index in [9.17, 15) is 0 Å². The Bertz CT molecular complexity index is 533. The maximum Gasteiger partial charge on any atom is 0.0530 e. The van der Waals surface area contributed by atoms with Gasteiger partial charge in [0.25, 0.3) is 0 Å². The molecule has 2 aromatic rings. The zero-order chi connectivity index (χ0) is 12.4. The van der Waals surface area contributed by atoms with Crippen LogP contribution in [0.1, 0.15) is 5.56 Å². The van der Waals surface area contributed by atoms with Crippen molar-refractivity contribution < 1.29 is 0 Å². The molecule has 3 N–H and O–H groups in total. The minimum atomic E-state index is 0.743. The van der Waals surface area contributed by atoms with Crippen molar-refractivity contribution in [3.8, 4) is 0 Å². The number of nitrogen functional groups attached to an aromatic ring is 1. The van der Waals surface area contributed by atoms with E-state index in [1.165, 1.54) is 5.56 Å². The normalized spacial score (nSPS) is 10.3. The molecule has 0 radical (unpaired) electrons. The van der Waals surface area contributed by atoms with Crippen LogP contribution in [0.4, 0.5) is 17.1 Å². The summed E-state index contributed by atoms with van der Waals surface area (Å²) in [6, 6.07) is 11.9. The number of benzene rings is 2. The Kier molecular flexibility index (Phi) is 3.74. The summed E-state index contributed by atoms with van der Waals surface area (Å²) in [4.78, 5) is 0. The SMILES string of the molecule is Cc1cc(Br)cc(Nc2ccc(N)cc2Br)c1. The van der Waals surface area contributed by atoms with Gasteiger partial charge < -0.3 is 11.1 Å². The lowest BCUT2D eigenvalue weighted by molar-refractivity contribution is 1.43. The molecular weight excluding hydrogens is 344 g/mol. The molecule has 0 spiro atoms. The lowest BCUT2D eigenvalue weighted by atomic mass is 10.2. The summed E-state index contributed by atoms with van der Waals surface area (Å²) in [5.41, 5.74) is 9.69. The lowest BCUT2D eigenvalue weighted by Crippen LogP contribution is -1.93. The Morgan fingerprint density at radius 2 is 1.82 bits per heavy atom. The van der Waals surface area contributed by atoms with Gasteiger partial charge >= 0.3 is 0 Å². The fourth-order valence-electron chi connectivity index (χ4n) is 1.60. The van der Waals surface area contributed by atoms with Gasteiger partial charge in [0.1, 0.15) is 0 Å². The molecule has 0 aliphatic heterocycles. The number of rotatable bonds is 2. The van der Waals surface area contributed by atoms with Gasteiger partial charge in [0.05, 0.1) is 5.69 Å². The highest BCUT2D eigenvalue weighted by Gasteiger charge is 2.02. The number of anilines is 3. The standard InChI is InChI=1S/C13H12Br2N2/c1-8-4-9(14)6-11(5-8)17-13-3-2-10(16)7-12(13)15/h2-7,17H,16H2,1H3. The second-order valence-corrected chi connectivity index (χ2v) is 5.65. The zero-order valence-corrected chi connectivity index (χ0v) is 12.5. The number of nitrogens with two attached hydrogens (primary N) is 1. The average Bonchev–Trinajstić information content (AvgIpc) is 2.21. The Hall–Kier alpha value is -1.00. The maximum absolute atomic E-state index is 5.70. The van der Waals surface area contributed by atoms with E-state index in [1.54, 1.807) is 0 Å². The minimum Gasteiger partial charge on any atom is -0.399 e. The van der Waals surface area contributed by atoms with Crippen molar-refractivity contribution in [1.29, 1.82) is 0 Å². The minimum absolute atomic E-state index is 0.743. The van der Waals surface area contributed by atoms with Crippen molar-refractivity contribution >= 4 is 48.9 Å². The third kappa shape index (κ3) is 3.23. The van der Waals surface area contributed by atoms with Crippen molar-refractivity contribution in [2.24, 2.45) is 0 Å². The van der Waals surface area contributed by atoms with Gasteiger partial charge in [-0.05, 0) is 64.8 Å². The molecule has 2 aromatic carbocycles. The Morgan fingerprint density at radius 3 is 2.47 bits per heavy atom. The van der Waals surface area contributed by atoms with Crippen LogP contribution in [-0.4, -0.2) is 0 Å². The highest BCUT2D eigenvalue weighted by atomic mass is 79.9. The van der Waals surface area contributed by atoms with Crippen LogP contribution >= 0.6 is 31.9 Å². The molecule has 0 saturated carbocycles.